The summed E-state index contributed by atoms with van der Waals surface area (Å²) in [4.78, 5) is 35.8. The van der Waals surface area contributed by atoms with Gasteiger partial charge in [-0.2, -0.15) is 0 Å². The molecule has 0 saturated carbocycles. The van der Waals surface area contributed by atoms with Crippen molar-refractivity contribution in [2.24, 2.45) is 0 Å². The molecule has 0 saturated heterocycles. The summed E-state index contributed by atoms with van der Waals surface area (Å²) in [6.07, 6.45) is 0.806. The minimum absolute atomic E-state index is 0.148. The highest BCUT2D eigenvalue weighted by atomic mass is 32.1. The van der Waals surface area contributed by atoms with Gasteiger partial charge in [0.05, 0.1) is 17.0 Å². The molecule has 2 amide bonds. The van der Waals surface area contributed by atoms with Gasteiger partial charge in [0.15, 0.2) is 5.78 Å². The van der Waals surface area contributed by atoms with Crippen molar-refractivity contribution < 1.29 is 19.1 Å². The predicted molar refractivity (Wildman–Crippen MR) is 82.3 cm³/mol. The van der Waals surface area contributed by atoms with E-state index in [4.69, 9.17) is 4.74 Å². The second kappa shape index (κ2) is 7.78. The van der Waals surface area contributed by atoms with Gasteiger partial charge in [-0.05, 0) is 32.8 Å². The maximum absolute atomic E-state index is 12.0. The van der Waals surface area contributed by atoms with E-state index in [1.54, 1.807) is 13.8 Å². The van der Waals surface area contributed by atoms with Crippen LogP contribution in [0.15, 0.2) is 0 Å². The van der Waals surface area contributed by atoms with E-state index in [0.29, 0.717) is 22.0 Å². The van der Waals surface area contributed by atoms with Gasteiger partial charge in [0, 0.05) is 6.54 Å². The molecule has 7 heteroatoms. The second-order valence-electron chi connectivity index (χ2n) is 4.42. The Morgan fingerprint density at radius 3 is 2.43 bits per heavy atom. The predicted octanol–water partition coefficient (Wildman–Crippen LogP) is 2.97. The molecule has 0 fully saturated rings. The molecule has 0 spiro atoms. The summed E-state index contributed by atoms with van der Waals surface area (Å²) in [5.41, 5.74) is 0.787. The Hall–Kier alpha value is -1.89. The van der Waals surface area contributed by atoms with E-state index in [1.165, 1.54) is 6.92 Å². The van der Waals surface area contributed by atoms with Gasteiger partial charge in [0.1, 0.15) is 5.00 Å². The Balaban J connectivity index is 3.11. The molecule has 1 aromatic rings. The average Bonchev–Trinajstić information content (AvgIpc) is 2.73. The van der Waals surface area contributed by atoms with Crippen LogP contribution in [0.4, 0.5) is 9.80 Å². The highest BCUT2D eigenvalue weighted by molar-refractivity contribution is 7.18. The number of hydrogen-bond donors (Lipinski definition) is 2. The molecule has 0 unspecified atom stereocenters. The number of carbonyl (C=O) groups excluding carboxylic acids is 3. The molecule has 0 aromatic carbocycles. The fourth-order valence-corrected chi connectivity index (χ4v) is 2.86. The topological polar surface area (TPSA) is 84.5 Å². The summed E-state index contributed by atoms with van der Waals surface area (Å²) in [7, 11) is 0. The SMILES string of the molecule is CCCNC(=O)Nc1sc(C(C)=O)c(C)c1C(=O)OCC. The second-order valence-corrected chi connectivity index (χ2v) is 5.44. The van der Waals surface area contributed by atoms with E-state index >= 15 is 0 Å². The zero-order valence-electron chi connectivity index (χ0n) is 12.7. The molecule has 1 aromatic heterocycles. The first-order valence-electron chi connectivity index (χ1n) is 6.78. The van der Waals surface area contributed by atoms with Crippen LogP contribution in [-0.4, -0.2) is 30.9 Å². The third kappa shape index (κ3) is 4.29. The maximum atomic E-state index is 12.0. The van der Waals surface area contributed by atoms with Crippen molar-refractivity contribution in [3.8, 4) is 0 Å². The number of esters is 1. The molecule has 0 atom stereocenters. The quantitative estimate of drug-likeness (QED) is 0.625. The van der Waals surface area contributed by atoms with Crippen LogP contribution in [0.5, 0.6) is 0 Å². The van der Waals surface area contributed by atoms with Crippen molar-refractivity contribution >= 4 is 34.1 Å². The van der Waals surface area contributed by atoms with Crippen LogP contribution < -0.4 is 10.6 Å². The molecule has 116 valence electrons. The molecule has 6 nitrogen and oxygen atoms in total. The van der Waals surface area contributed by atoms with Crippen LogP contribution in [0, 0.1) is 6.92 Å². The summed E-state index contributed by atoms with van der Waals surface area (Å²) in [6.45, 7) is 7.50. The number of carbonyl (C=O) groups is 3. The molecule has 0 aliphatic carbocycles. The lowest BCUT2D eigenvalue weighted by Crippen LogP contribution is -2.29. The van der Waals surface area contributed by atoms with Gasteiger partial charge < -0.3 is 10.1 Å². The molecule has 0 aliphatic heterocycles. The van der Waals surface area contributed by atoms with E-state index in [0.717, 1.165) is 17.8 Å². The molecule has 0 radical (unpaired) electrons. The summed E-state index contributed by atoms with van der Waals surface area (Å²) < 4.78 is 4.99. The Bertz CT molecular complexity index is 551. The molecule has 21 heavy (non-hydrogen) atoms. The van der Waals surface area contributed by atoms with E-state index < -0.39 is 12.0 Å². The average molecular weight is 312 g/mol. The van der Waals surface area contributed by atoms with E-state index in [1.807, 2.05) is 6.92 Å². The number of anilines is 1. The first kappa shape index (κ1) is 17.2. The highest BCUT2D eigenvalue weighted by Gasteiger charge is 2.25. The minimum Gasteiger partial charge on any atom is -0.462 e. The third-order valence-corrected chi connectivity index (χ3v) is 4.02. The maximum Gasteiger partial charge on any atom is 0.341 e. The van der Waals surface area contributed by atoms with Crippen molar-refractivity contribution in [3.05, 3.63) is 16.0 Å². The fourth-order valence-electron chi connectivity index (χ4n) is 1.77. The largest absolute Gasteiger partial charge is 0.462 e. The number of urea groups is 1. The number of thiophene rings is 1. The first-order valence-corrected chi connectivity index (χ1v) is 7.60. The number of ether oxygens (including phenoxy) is 1. The lowest BCUT2D eigenvalue weighted by molar-refractivity contribution is 0.0527. The van der Waals surface area contributed by atoms with E-state index in [9.17, 15) is 14.4 Å². The molecular formula is C14H20N2O4S. The zero-order valence-corrected chi connectivity index (χ0v) is 13.5. The summed E-state index contributed by atoms with van der Waals surface area (Å²) in [5, 5.41) is 5.61. The van der Waals surface area contributed by atoms with Gasteiger partial charge in [-0.25, -0.2) is 9.59 Å². The van der Waals surface area contributed by atoms with E-state index in [2.05, 4.69) is 10.6 Å². The first-order chi connectivity index (χ1) is 9.92. The Morgan fingerprint density at radius 2 is 1.90 bits per heavy atom. The lowest BCUT2D eigenvalue weighted by atomic mass is 10.1. The number of nitrogens with one attached hydrogen (secondary N) is 2. The molecule has 2 N–H and O–H groups in total. The van der Waals surface area contributed by atoms with Crippen LogP contribution in [0.25, 0.3) is 0 Å². The van der Waals surface area contributed by atoms with Gasteiger partial charge in [0.25, 0.3) is 0 Å². The number of rotatable bonds is 6. The lowest BCUT2D eigenvalue weighted by Gasteiger charge is -2.07. The Kier molecular flexibility index (Phi) is 6.36. The van der Waals surface area contributed by atoms with Crippen molar-refractivity contribution in [1.29, 1.82) is 0 Å². The molecule has 1 heterocycles. The van der Waals surface area contributed by atoms with Gasteiger partial charge in [-0.3, -0.25) is 10.1 Å². The third-order valence-electron chi connectivity index (χ3n) is 2.71. The number of ketones is 1. The number of Topliss-reactive ketones (excluding diaryl/α,β-unsaturated/α-hetero) is 1. The van der Waals surface area contributed by atoms with Crippen LogP contribution in [0.3, 0.4) is 0 Å². The standard InChI is InChI=1S/C14H20N2O4S/c1-5-7-15-14(19)16-12-10(13(18)20-6-2)8(3)11(21-12)9(4)17/h5-7H2,1-4H3,(H2,15,16,19). The fraction of sp³-hybridized carbons (Fsp3) is 0.500. The van der Waals surface area contributed by atoms with Crippen LogP contribution in [0.1, 0.15) is 52.8 Å². The van der Waals surface area contributed by atoms with E-state index in [-0.39, 0.29) is 18.0 Å². The van der Waals surface area contributed by atoms with Crippen LogP contribution >= 0.6 is 11.3 Å². The summed E-state index contributed by atoms with van der Waals surface area (Å²) in [5.74, 6) is -0.686. The number of hydrogen-bond acceptors (Lipinski definition) is 5. The zero-order chi connectivity index (χ0) is 16.0. The monoisotopic (exact) mass is 312 g/mol. The van der Waals surface area contributed by atoms with Gasteiger partial charge >= 0.3 is 12.0 Å². The van der Waals surface area contributed by atoms with Crippen molar-refractivity contribution in [1.82, 2.24) is 5.32 Å². The van der Waals surface area contributed by atoms with Crippen LogP contribution in [0.2, 0.25) is 0 Å². The Morgan fingerprint density at radius 1 is 1.24 bits per heavy atom. The van der Waals surface area contributed by atoms with Gasteiger partial charge in [-0.1, -0.05) is 6.92 Å². The summed E-state index contributed by atoms with van der Waals surface area (Å²) in [6, 6.07) is -0.404. The Labute approximate surface area is 127 Å². The normalized spacial score (nSPS) is 10.1. The molecule has 0 bridgehead atoms. The van der Waals surface area contributed by atoms with Crippen molar-refractivity contribution in [2.75, 3.05) is 18.5 Å². The number of amides is 2. The molecule has 1 rings (SSSR count). The minimum atomic E-state index is -0.537. The highest BCUT2D eigenvalue weighted by Crippen LogP contribution is 2.34. The van der Waals surface area contributed by atoms with Crippen molar-refractivity contribution in [2.45, 2.75) is 34.1 Å². The van der Waals surface area contributed by atoms with Gasteiger partial charge in [0.2, 0.25) is 0 Å². The summed E-state index contributed by atoms with van der Waals surface area (Å²) >= 11 is 1.09. The molecular weight excluding hydrogens is 292 g/mol. The van der Waals surface area contributed by atoms with Crippen molar-refractivity contribution in [3.63, 3.8) is 0 Å². The molecule has 0 aliphatic rings. The smallest absolute Gasteiger partial charge is 0.341 e. The van der Waals surface area contributed by atoms with Gasteiger partial charge in [-0.15, -0.1) is 11.3 Å². The van der Waals surface area contributed by atoms with Crippen LogP contribution in [-0.2, 0) is 4.74 Å².